The molecule has 0 aliphatic carbocycles. The fourth-order valence-corrected chi connectivity index (χ4v) is 10.6. The Morgan fingerprint density at radius 1 is 0.444 bits per heavy atom. The Bertz CT molecular complexity index is 3350. The summed E-state index contributed by atoms with van der Waals surface area (Å²) in [6.07, 6.45) is 0. The van der Waals surface area contributed by atoms with Gasteiger partial charge in [-0.1, -0.05) is 103 Å². The summed E-state index contributed by atoms with van der Waals surface area (Å²) in [6.45, 7) is -0.0575. The van der Waals surface area contributed by atoms with Crippen molar-refractivity contribution in [1.82, 2.24) is 14.1 Å². The van der Waals surface area contributed by atoms with Crippen LogP contribution in [0, 0.1) is 0 Å². The van der Waals surface area contributed by atoms with Gasteiger partial charge in [-0.3, -0.25) is 4.90 Å². The lowest BCUT2D eigenvalue weighted by Gasteiger charge is -2.40. The third kappa shape index (κ3) is 3.13. The molecule has 0 saturated carbocycles. The smallest absolute Gasteiger partial charge is 0.258 e. The van der Waals surface area contributed by atoms with Crippen molar-refractivity contribution < 1.29 is 4.74 Å². The van der Waals surface area contributed by atoms with Crippen LogP contribution in [0.5, 0.6) is 11.6 Å². The van der Waals surface area contributed by atoms with E-state index in [2.05, 4.69) is 172 Å². The zero-order valence-electron chi connectivity index (χ0n) is 28.9. The monoisotopic (exact) mass is 684 g/mol. The summed E-state index contributed by atoms with van der Waals surface area (Å²) in [4.78, 5) is 8.00. The van der Waals surface area contributed by atoms with Crippen molar-refractivity contribution in [3.05, 3.63) is 158 Å². The molecular formula is C47H26B2N4O. The number of aromatic nitrogens is 3. The first kappa shape index (κ1) is 27.6. The molecule has 10 aromatic rings. The molecule has 0 N–H and O–H groups in total. The predicted molar refractivity (Wildman–Crippen MR) is 223 cm³/mol. The number of hydrogen-bond acceptors (Lipinski definition) is 3. The summed E-state index contributed by atoms with van der Waals surface area (Å²) in [7, 11) is 0. The van der Waals surface area contributed by atoms with Crippen molar-refractivity contribution in [1.29, 1.82) is 0 Å². The molecule has 7 aromatic carbocycles. The lowest BCUT2D eigenvalue weighted by atomic mass is 9.31. The molecule has 7 heterocycles. The minimum absolute atomic E-state index is 0.0213. The molecule has 3 aromatic heterocycles. The Labute approximate surface area is 310 Å². The molecule has 54 heavy (non-hydrogen) atoms. The van der Waals surface area contributed by atoms with Gasteiger partial charge in [-0.25, -0.2) is 0 Å². The molecule has 0 unspecified atom stereocenters. The molecule has 14 rings (SSSR count). The maximum atomic E-state index is 7.00. The van der Waals surface area contributed by atoms with E-state index >= 15 is 0 Å². The number of fused-ring (bicyclic) bond motifs is 16. The summed E-state index contributed by atoms with van der Waals surface area (Å²) < 4.78 is 12.0. The fraction of sp³-hybridized carbons (Fsp3) is 0. The quantitative estimate of drug-likeness (QED) is 0.178. The van der Waals surface area contributed by atoms with Gasteiger partial charge in [0.2, 0.25) is 5.88 Å². The van der Waals surface area contributed by atoms with E-state index in [-0.39, 0.29) is 13.4 Å². The van der Waals surface area contributed by atoms with Crippen molar-refractivity contribution in [2.24, 2.45) is 0 Å². The highest BCUT2D eigenvalue weighted by atomic mass is 16.5. The molecule has 0 fully saturated rings. The SMILES string of the molecule is c1ccc(N2c3ccc4c5ccccc5n5c4c3B(c3ccccc3-5)c3cc4c(nc32)Oc2ccc3c5ccccc5n5c3c2B4c2ccccc2-5)cc1. The van der Waals surface area contributed by atoms with E-state index in [0.717, 1.165) is 28.4 Å². The normalized spacial score (nSPS) is 14.0. The molecule has 0 bridgehead atoms. The number of nitrogens with zero attached hydrogens (tertiary/aromatic N) is 4. The maximum Gasteiger partial charge on any atom is 0.258 e. The Morgan fingerprint density at radius 2 is 1.02 bits per heavy atom. The van der Waals surface area contributed by atoms with E-state index in [0.29, 0.717) is 5.88 Å². The highest BCUT2D eigenvalue weighted by Crippen LogP contribution is 2.43. The third-order valence-electron chi connectivity index (χ3n) is 12.6. The van der Waals surface area contributed by atoms with Crippen LogP contribution in [0.15, 0.2) is 158 Å². The van der Waals surface area contributed by atoms with Crippen molar-refractivity contribution >= 4 is 107 Å². The van der Waals surface area contributed by atoms with Crippen LogP contribution < -0.4 is 42.4 Å². The van der Waals surface area contributed by atoms with E-state index < -0.39 is 0 Å². The van der Waals surface area contributed by atoms with Crippen molar-refractivity contribution in [3.8, 4) is 23.0 Å². The van der Waals surface area contributed by atoms with E-state index in [9.17, 15) is 0 Å². The standard InChI is InChI=1S/C47H26B2N4O/c1-2-12-27(13-3-1)51-40-24-22-30-28-14-4-8-18-36(28)52-38-20-10-6-16-32(38)48(42(40)44(30)52)34-26-35-47(50-46(34)51)54-41-25-23-31-29-15-5-9-19-37(29)53-39-21-11-7-17-33(39)49(35)43(41)45(31)53/h1-26H. The van der Waals surface area contributed by atoms with Crippen molar-refractivity contribution in [3.63, 3.8) is 0 Å². The van der Waals surface area contributed by atoms with Crippen molar-refractivity contribution in [2.45, 2.75) is 0 Å². The van der Waals surface area contributed by atoms with Gasteiger partial charge in [0.15, 0.2) is 0 Å². The fourth-order valence-electron chi connectivity index (χ4n) is 10.6. The summed E-state index contributed by atoms with van der Waals surface area (Å²) in [5, 5.41) is 5.06. The van der Waals surface area contributed by atoms with Gasteiger partial charge < -0.3 is 13.9 Å². The highest BCUT2D eigenvalue weighted by Gasteiger charge is 2.46. The second-order valence-electron chi connectivity index (χ2n) is 15.0. The lowest BCUT2D eigenvalue weighted by Crippen LogP contribution is -2.64. The predicted octanol–water partition coefficient (Wildman–Crippen LogP) is 6.82. The first-order valence-electron chi connectivity index (χ1n) is 18.7. The van der Waals surface area contributed by atoms with Gasteiger partial charge in [-0.2, -0.15) is 4.98 Å². The first-order valence-corrected chi connectivity index (χ1v) is 18.7. The number of ether oxygens (including phenoxy) is 1. The molecule has 246 valence electrons. The van der Waals surface area contributed by atoms with Gasteiger partial charge in [0.1, 0.15) is 11.6 Å². The van der Waals surface area contributed by atoms with Crippen LogP contribution in [-0.4, -0.2) is 27.5 Å². The van der Waals surface area contributed by atoms with Gasteiger partial charge in [0, 0.05) is 44.3 Å². The lowest BCUT2D eigenvalue weighted by molar-refractivity contribution is 0.469. The van der Waals surface area contributed by atoms with Crippen LogP contribution in [0.2, 0.25) is 0 Å². The molecule has 4 aliphatic heterocycles. The van der Waals surface area contributed by atoms with Gasteiger partial charge in [-0.15, -0.1) is 0 Å². The number of rotatable bonds is 1. The Balaban J connectivity index is 1.12. The maximum absolute atomic E-state index is 7.00. The number of pyridine rings is 1. The Hall–Kier alpha value is -6.98. The van der Waals surface area contributed by atoms with Crippen LogP contribution in [0.3, 0.4) is 0 Å². The number of para-hydroxylation sites is 5. The molecule has 5 nitrogen and oxygen atoms in total. The van der Waals surface area contributed by atoms with Crippen molar-refractivity contribution in [2.75, 3.05) is 4.90 Å². The van der Waals surface area contributed by atoms with Crippen LogP contribution >= 0.6 is 0 Å². The third-order valence-corrected chi connectivity index (χ3v) is 12.6. The average Bonchev–Trinajstić information content (AvgIpc) is 3.76. The van der Waals surface area contributed by atoms with E-state index in [1.807, 2.05) is 0 Å². The molecule has 0 amide bonds. The zero-order chi connectivity index (χ0) is 34.8. The topological polar surface area (TPSA) is 35.2 Å². The largest absolute Gasteiger partial charge is 0.440 e. The first-order chi connectivity index (χ1) is 26.8. The summed E-state index contributed by atoms with van der Waals surface area (Å²) in [6, 6.07) is 57.7. The number of anilines is 3. The molecule has 0 atom stereocenters. The van der Waals surface area contributed by atoms with Crippen LogP contribution in [0.1, 0.15) is 0 Å². The van der Waals surface area contributed by atoms with E-state index in [4.69, 9.17) is 9.72 Å². The van der Waals surface area contributed by atoms with Crippen LogP contribution in [0.4, 0.5) is 17.2 Å². The zero-order valence-corrected chi connectivity index (χ0v) is 28.9. The minimum atomic E-state index is -0.0362. The van der Waals surface area contributed by atoms with Gasteiger partial charge in [0.05, 0.1) is 22.1 Å². The van der Waals surface area contributed by atoms with E-state index in [1.165, 1.54) is 82.3 Å². The molecule has 7 heteroatoms. The van der Waals surface area contributed by atoms with Gasteiger partial charge in [0.25, 0.3) is 13.4 Å². The van der Waals surface area contributed by atoms with Gasteiger partial charge >= 0.3 is 0 Å². The van der Waals surface area contributed by atoms with E-state index in [1.54, 1.807) is 0 Å². The average molecular weight is 684 g/mol. The van der Waals surface area contributed by atoms with Gasteiger partial charge in [-0.05, 0) is 87.4 Å². The molecule has 0 saturated heterocycles. The highest BCUT2D eigenvalue weighted by molar-refractivity contribution is 7.02. The molecule has 0 spiro atoms. The minimum Gasteiger partial charge on any atom is -0.440 e. The van der Waals surface area contributed by atoms with Crippen LogP contribution in [-0.2, 0) is 0 Å². The summed E-state index contributed by atoms with van der Waals surface area (Å²) in [5.41, 5.74) is 17.1. The molecular weight excluding hydrogens is 658 g/mol. The second kappa shape index (κ2) is 9.51. The summed E-state index contributed by atoms with van der Waals surface area (Å²) in [5.74, 6) is 2.47. The molecule has 4 aliphatic rings. The van der Waals surface area contributed by atoms with Crippen LogP contribution in [0.25, 0.3) is 55.0 Å². The summed E-state index contributed by atoms with van der Waals surface area (Å²) >= 11 is 0. The number of hydrogen-bond donors (Lipinski definition) is 0. The molecule has 0 radical (unpaired) electrons. The number of benzene rings is 7. The Kier molecular flexibility index (Phi) is 4.87. The second-order valence-corrected chi connectivity index (χ2v) is 15.0. The Morgan fingerprint density at radius 3 is 1.72 bits per heavy atom.